The summed E-state index contributed by atoms with van der Waals surface area (Å²) in [7, 11) is 0. The maximum Gasteiger partial charge on any atom is 0.129 e. The summed E-state index contributed by atoms with van der Waals surface area (Å²) in [6.07, 6.45) is 2.21. The molecule has 2 nitrogen and oxygen atoms in total. The first-order valence-electron chi connectivity index (χ1n) is 6.51. The monoisotopic (exact) mass is 272 g/mol. The lowest BCUT2D eigenvalue weighted by Gasteiger charge is -2.22. The molecule has 0 saturated carbocycles. The first-order chi connectivity index (χ1) is 8.63. The van der Waals surface area contributed by atoms with Gasteiger partial charge in [0.2, 0.25) is 0 Å². The standard InChI is InChI=1S/C14H22ClFN2/c1-3-10(4-2)9-18-13(8-17)14-11(15)6-5-7-12(14)16/h5-7,10,13,18H,3-4,8-9,17H2,1-2H3. The van der Waals surface area contributed by atoms with Crippen molar-refractivity contribution in [2.75, 3.05) is 13.1 Å². The highest BCUT2D eigenvalue weighted by Crippen LogP contribution is 2.25. The van der Waals surface area contributed by atoms with Crippen LogP contribution < -0.4 is 11.1 Å². The van der Waals surface area contributed by atoms with Gasteiger partial charge in [-0.15, -0.1) is 0 Å². The molecule has 102 valence electrons. The highest BCUT2D eigenvalue weighted by Gasteiger charge is 2.18. The molecule has 1 aromatic rings. The van der Waals surface area contributed by atoms with E-state index in [2.05, 4.69) is 19.2 Å². The van der Waals surface area contributed by atoms with Gasteiger partial charge in [0.1, 0.15) is 5.82 Å². The Kier molecular flexibility index (Phi) is 6.61. The number of rotatable bonds is 7. The van der Waals surface area contributed by atoms with Crippen molar-refractivity contribution in [3.63, 3.8) is 0 Å². The van der Waals surface area contributed by atoms with Crippen LogP contribution in [0.2, 0.25) is 5.02 Å². The Morgan fingerprint density at radius 3 is 2.50 bits per heavy atom. The maximum atomic E-state index is 13.8. The molecule has 0 amide bonds. The molecular weight excluding hydrogens is 251 g/mol. The molecule has 4 heteroatoms. The van der Waals surface area contributed by atoms with Crippen molar-refractivity contribution >= 4 is 11.6 Å². The van der Waals surface area contributed by atoms with Crippen LogP contribution in [0.25, 0.3) is 0 Å². The zero-order valence-electron chi connectivity index (χ0n) is 11.0. The number of hydrogen-bond acceptors (Lipinski definition) is 2. The van der Waals surface area contributed by atoms with Crippen LogP contribution in [0.15, 0.2) is 18.2 Å². The van der Waals surface area contributed by atoms with Crippen molar-refractivity contribution in [3.8, 4) is 0 Å². The van der Waals surface area contributed by atoms with E-state index in [1.165, 1.54) is 6.07 Å². The molecule has 3 N–H and O–H groups in total. The molecule has 0 heterocycles. The van der Waals surface area contributed by atoms with Gasteiger partial charge in [-0.05, 0) is 24.6 Å². The molecular formula is C14H22ClFN2. The van der Waals surface area contributed by atoms with Crippen molar-refractivity contribution in [3.05, 3.63) is 34.6 Å². The number of benzene rings is 1. The fraction of sp³-hybridized carbons (Fsp3) is 0.571. The molecule has 0 aromatic heterocycles. The van der Waals surface area contributed by atoms with E-state index < -0.39 is 0 Å². The fourth-order valence-corrected chi connectivity index (χ4v) is 2.33. The van der Waals surface area contributed by atoms with Crippen molar-refractivity contribution < 1.29 is 4.39 Å². The molecule has 1 rings (SSSR count). The van der Waals surface area contributed by atoms with Crippen LogP contribution in [0.4, 0.5) is 4.39 Å². The van der Waals surface area contributed by atoms with Gasteiger partial charge in [-0.2, -0.15) is 0 Å². The van der Waals surface area contributed by atoms with Gasteiger partial charge in [0.15, 0.2) is 0 Å². The zero-order valence-corrected chi connectivity index (χ0v) is 11.8. The molecule has 0 bridgehead atoms. The Balaban J connectivity index is 2.77. The number of nitrogens with two attached hydrogens (primary N) is 1. The summed E-state index contributed by atoms with van der Waals surface area (Å²) in [6.45, 7) is 5.48. The van der Waals surface area contributed by atoms with Crippen LogP contribution in [0.3, 0.4) is 0 Å². The highest BCUT2D eigenvalue weighted by atomic mass is 35.5. The van der Waals surface area contributed by atoms with Gasteiger partial charge in [0, 0.05) is 23.2 Å². The molecule has 0 spiro atoms. The fourth-order valence-electron chi connectivity index (χ4n) is 2.03. The van der Waals surface area contributed by atoms with Crippen molar-refractivity contribution in [2.45, 2.75) is 32.7 Å². The van der Waals surface area contributed by atoms with E-state index >= 15 is 0 Å². The summed E-state index contributed by atoms with van der Waals surface area (Å²) >= 11 is 6.05. The molecule has 0 aliphatic heterocycles. The van der Waals surface area contributed by atoms with Gasteiger partial charge in [-0.1, -0.05) is 44.4 Å². The smallest absolute Gasteiger partial charge is 0.129 e. The molecule has 0 aliphatic carbocycles. The average molecular weight is 273 g/mol. The second-order valence-electron chi connectivity index (χ2n) is 4.51. The minimum absolute atomic E-state index is 0.223. The van der Waals surface area contributed by atoms with E-state index in [4.69, 9.17) is 17.3 Å². The first kappa shape index (κ1) is 15.4. The molecule has 0 saturated heterocycles. The van der Waals surface area contributed by atoms with Gasteiger partial charge in [-0.3, -0.25) is 0 Å². The second-order valence-corrected chi connectivity index (χ2v) is 4.92. The SMILES string of the molecule is CCC(CC)CNC(CN)c1c(F)cccc1Cl. The normalized spacial score (nSPS) is 13.0. The topological polar surface area (TPSA) is 38.0 Å². The minimum atomic E-state index is -0.296. The van der Waals surface area contributed by atoms with E-state index in [-0.39, 0.29) is 11.9 Å². The summed E-state index contributed by atoms with van der Waals surface area (Å²) in [5.41, 5.74) is 6.20. The van der Waals surface area contributed by atoms with Gasteiger partial charge in [0.25, 0.3) is 0 Å². The van der Waals surface area contributed by atoms with Gasteiger partial charge in [-0.25, -0.2) is 4.39 Å². The molecule has 0 aliphatic rings. The predicted molar refractivity (Wildman–Crippen MR) is 75.3 cm³/mol. The van der Waals surface area contributed by atoms with Gasteiger partial charge in [0.05, 0.1) is 0 Å². The highest BCUT2D eigenvalue weighted by molar-refractivity contribution is 6.31. The van der Waals surface area contributed by atoms with Crippen molar-refractivity contribution in [1.29, 1.82) is 0 Å². The third-order valence-corrected chi connectivity index (χ3v) is 3.72. The van der Waals surface area contributed by atoms with Crippen LogP contribution in [0.1, 0.15) is 38.3 Å². The van der Waals surface area contributed by atoms with Crippen LogP contribution in [-0.2, 0) is 0 Å². The van der Waals surface area contributed by atoms with Crippen LogP contribution in [-0.4, -0.2) is 13.1 Å². The minimum Gasteiger partial charge on any atom is -0.329 e. The Hall–Kier alpha value is -0.640. The average Bonchev–Trinajstić information content (AvgIpc) is 2.37. The van der Waals surface area contributed by atoms with Gasteiger partial charge < -0.3 is 11.1 Å². The first-order valence-corrected chi connectivity index (χ1v) is 6.89. The quantitative estimate of drug-likeness (QED) is 0.797. The molecule has 0 radical (unpaired) electrons. The number of hydrogen-bond donors (Lipinski definition) is 2. The number of nitrogens with one attached hydrogen (secondary N) is 1. The third-order valence-electron chi connectivity index (χ3n) is 3.39. The molecule has 0 fully saturated rings. The van der Waals surface area contributed by atoms with E-state index in [0.29, 0.717) is 23.0 Å². The third kappa shape index (κ3) is 3.94. The second kappa shape index (κ2) is 7.72. The van der Waals surface area contributed by atoms with Crippen molar-refractivity contribution in [2.24, 2.45) is 11.7 Å². The zero-order chi connectivity index (χ0) is 13.5. The summed E-state index contributed by atoms with van der Waals surface area (Å²) in [5, 5.41) is 3.75. The summed E-state index contributed by atoms with van der Waals surface area (Å²) in [5.74, 6) is 0.291. The largest absolute Gasteiger partial charge is 0.329 e. The molecule has 1 atom stereocenters. The van der Waals surface area contributed by atoms with Crippen LogP contribution in [0, 0.1) is 11.7 Å². The lowest BCUT2D eigenvalue weighted by atomic mass is 10.0. The molecule has 1 unspecified atom stereocenters. The Bertz CT molecular complexity index is 347. The van der Waals surface area contributed by atoms with E-state index in [0.717, 1.165) is 19.4 Å². The lowest BCUT2D eigenvalue weighted by molar-refractivity contribution is 0.407. The molecule has 18 heavy (non-hydrogen) atoms. The molecule has 1 aromatic carbocycles. The summed E-state index contributed by atoms with van der Waals surface area (Å²) < 4.78 is 13.8. The Morgan fingerprint density at radius 1 is 1.33 bits per heavy atom. The van der Waals surface area contributed by atoms with E-state index in [9.17, 15) is 4.39 Å². The maximum absolute atomic E-state index is 13.8. The van der Waals surface area contributed by atoms with E-state index in [1.807, 2.05) is 0 Å². The van der Waals surface area contributed by atoms with Gasteiger partial charge >= 0.3 is 0 Å². The van der Waals surface area contributed by atoms with Crippen LogP contribution in [0.5, 0.6) is 0 Å². The number of halogens is 2. The summed E-state index contributed by atoms with van der Waals surface area (Å²) in [6, 6.07) is 4.50. The van der Waals surface area contributed by atoms with Crippen LogP contribution >= 0.6 is 11.6 Å². The van der Waals surface area contributed by atoms with Crippen molar-refractivity contribution in [1.82, 2.24) is 5.32 Å². The Labute approximate surface area is 114 Å². The lowest BCUT2D eigenvalue weighted by Crippen LogP contribution is -2.32. The summed E-state index contributed by atoms with van der Waals surface area (Å²) in [4.78, 5) is 0. The predicted octanol–water partition coefficient (Wildman–Crippen LogP) is 3.50. The Morgan fingerprint density at radius 2 is 2.00 bits per heavy atom. The van der Waals surface area contributed by atoms with E-state index in [1.54, 1.807) is 12.1 Å².